The van der Waals surface area contributed by atoms with Gasteiger partial charge in [-0.05, 0) is 27.7 Å². The molecule has 0 bridgehead atoms. The molecular formula is C8H15N3O2S. The molecule has 0 fully saturated rings. The van der Waals surface area contributed by atoms with Crippen LogP contribution in [0, 0.1) is 13.8 Å². The largest absolute Gasteiger partial charge is 0.266 e. The van der Waals surface area contributed by atoms with Crippen LogP contribution in [0.15, 0.2) is 4.90 Å². The molecule has 0 spiro atoms. The van der Waals surface area contributed by atoms with Gasteiger partial charge in [-0.25, -0.2) is 13.6 Å². The maximum Gasteiger partial charge on any atom is 0.241 e. The summed E-state index contributed by atoms with van der Waals surface area (Å²) in [5, 5.41) is 9.22. The number of nitrogens with two attached hydrogens (primary N) is 1. The molecule has 0 aliphatic rings. The van der Waals surface area contributed by atoms with Crippen molar-refractivity contribution in [2.45, 2.75) is 38.6 Å². The zero-order chi connectivity index (χ0) is 11.1. The summed E-state index contributed by atoms with van der Waals surface area (Å²) in [6.07, 6.45) is 0. The van der Waals surface area contributed by atoms with Crippen molar-refractivity contribution in [3.05, 3.63) is 11.4 Å². The van der Waals surface area contributed by atoms with E-state index in [4.69, 9.17) is 5.14 Å². The molecule has 80 valence electrons. The molecule has 1 rings (SSSR count). The Balaban J connectivity index is 3.48. The maximum atomic E-state index is 11.2. The van der Waals surface area contributed by atoms with Crippen LogP contribution < -0.4 is 5.14 Å². The summed E-state index contributed by atoms with van der Waals surface area (Å²) in [5.41, 5.74) is 1.05. The van der Waals surface area contributed by atoms with E-state index >= 15 is 0 Å². The molecule has 0 aromatic carbocycles. The van der Waals surface area contributed by atoms with Gasteiger partial charge in [0.25, 0.3) is 0 Å². The summed E-state index contributed by atoms with van der Waals surface area (Å²) >= 11 is 0. The van der Waals surface area contributed by atoms with E-state index in [9.17, 15) is 8.42 Å². The van der Waals surface area contributed by atoms with Crippen LogP contribution >= 0.6 is 0 Å². The van der Waals surface area contributed by atoms with Gasteiger partial charge in [0.05, 0.1) is 11.4 Å². The minimum Gasteiger partial charge on any atom is -0.266 e. The molecule has 1 heterocycles. The van der Waals surface area contributed by atoms with Gasteiger partial charge in [-0.3, -0.25) is 4.68 Å². The number of aryl methyl sites for hydroxylation is 1. The molecular weight excluding hydrogens is 202 g/mol. The van der Waals surface area contributed by atoms with E-state index in [2.05, 4.69) is 5.10 Å². The zero-order valence-electron chi connectivity index (χ0n) is 8.77. The second kappa shape index (κ2) is 3.36. The Bertz CT molecular complexity index is 445. The van der Waals surface area contributed by atoms with Crippen molar-refractivity contribution in [3.63, 3.8) is 0 Å². The van der Waals surface area contributed by atoms with Crippen molar-refractivity contribution >= 4 is 10.0 Å². The number of hydrogen-bond acceptors (Lipinski definition) is 3. The van der Waals surface area contributed by atoms with E-state index in [1.807, 2.05) is 13.8 Å². The van der Waals surface area contributed by atoms with Crippen molar-refractivity contribution in [2.24, 2.45) is 5.14 Å². The second-order valence-corrected chi connectivity index (χ2v) is 5.08. The van der Waals surface area contributed by atoms with E-state index in [-0.39, 0.29) is 10.9 Å². The van der Waals surface area contributed by atoms with Crippen molar-refractivity contribution in [2.75, 3.05) is 0 Å². The van der Waals surface area contributed by atoms with Gasteiger partial charge in [-0.1, -0.05) is 0 Å². The molecule has 5 nitrogen and oxygen atoms in total. The van der Waals surface area contributed by atoms with Gasteiger partial charge in [0, 0.05) is 6.04 Å². The Hall–Kier alpha value is -0.880. The first-order valence-corrected chi connectivity index (χ1v) is 5.88. The number of rotatable bonds is 2. The summed E-state index contributed by atoms with van der Waals surface area (Å²) in [5.74, 6) is 0. The molecule has 0 aliphatic heterocycles. The highest BCUT2D eigenvalue weighted by atomic mass is 32.2. The Morgan fingerprint density at radius 1 is 1.36 bits per heavy atom. The van der Waals surface area contributed by atoms with E-state index in [1.54, 1.807) is 18.5 Å². The monoisotopic (exact) mass is 217 g/mol. The van der Waals surface area contributed by atoms with Gasteiger partial charge in [0.15, 0.2) is 0 Å². The Morgan fingerprint density at radius 2 is 1.86 bits per heavy atom. The predicted octanol–water partition coefficient (Wildman–Crippen LogP) is 0.728. The van der Waals surface area contributed by atoms with Crippen molar-refractivity contribution in [1.82, 2.24) is 9.78 Å². The molecule has 0 saturated heterocycles. The average Bonchev–Trinajstić information content (AvgIpc) is 2.24. The molecule has 0 aliphatic carbocycles. The normalized spacial score (nSPS) is 12.4. The number of sulfonamides is 1. The highest BCUT2D eigenvalue weighted by Crippen LogP contribution is 2.20. The van der Waals surface area contributed by atoms with Crippen LogP contribution in [0.3, 0.4) is 0 Å². The highest BCUT2D eigenvalue weighted by Gasteiger charge is 2.21. The molecule has 6 heteroatoms. The lowest BCUT2D eigenvalue weighted by Gasteiger charge is -2.07. The van der Waals surface area contributed by atoms with E-state index in [0.717, 1.165) is 0 Å². The topological polar surface area (TPSA) is 78.0 Å². The van der Waals surface area contributed by atoms with Crippen LogP contribution in [-0.2, 0) is 10.0 Å². The Morgan fingerprint density at radius 3 is 2.07 bits per heavy atom. The van der Waals surface area contributed by atoms with Crippen LogP contribution in [0.4, 0.5) is 0 Å². The fourth-order valence-corrected chi connectivity index (χ4v) is 2.52. The van der Waals surface area contributed by atoms with E-state index < -0.39 is 10.0 Å². The van der Waals surface area contributed by atoms with E-state index in [0.29, 0.717) is 11.4 Å². The molecule has 0 saturated carbocycles. The molecule has 0 atom stereocenters. The minimum absolute atomic E-state index is 0.129. The first kappa shape index (κ1) is 11.2. The van der Waals surface area contributed by atoms with Crippen LogP contribution in [0.1, 0.15) is 31.3 Å². The van der Waals surface area contributed by atoms with Crippen molar-refractivity contribution in [3.8, 4) is 0 Å². The molecule has 0 radical (unpaired) electrons. The summed E-state index contributed by atoms with van der Waals surface area (Å²) in [4.78, 5) is 0.145. The van der Waals surface area contributed by atoms with Gasteiger partial charge >= 0.3 is 0 Å². The molecule has 1 aromatic rings. The fraction of sp³-hybridized carbons (Fsp3) is 0.625. The van der Waals surface area contributed by atoms with Crippen LogP contribution in [0.25, 0.3) is 0 Å². The second-order valence-electron chi connectivity index (χ2n) is 3.58. The number of nitrogens with zero attached hydrogens (tertiary/aromatic N) is 2. The lowest BCUT2D eigenvalue weighted by atomic mass is 10.3. The number of aromatic nitrogens is 2. The molecule has 1 aromatic heterocycles. The SMILES string of the molecule is Cc1nn(C(C)C)c(C)c1S(N)(=O)=O. The Labute approximate surface area is 84.0 Å². The highest BCUT2D eigenvalue weighted by molar-refractivity contribution is 7.89. The standard InChI is InChI=1S/C8H15N3O2S/c1-5(2)11-7(4)8(6(3)10-11)14(9,12)13/h5H,1-4H3,(H2,9,12,13). The zero-order valence-corrected chi connectivity index (χ0v) is 9.59. The first-order valence-electron chi connectivity index (χ1n) is 4.33. The molecule has 0 amide bonds. The van der Waals surface area contributed by atoms with Gasteiger partial charge in [0.2, 0.25) is 10.0 Å². The predicted molar refractivity (Wildman–Crippen MR) is 53.5 cm³/mol. The summed E-state index contributed by atoms with van der Waals surface area (Å²) in [6, 6.07) is 0.129. The van der Waals surface area contributed by atoms with Crippen LogP contribution in [-0.4, -0.2) is 18.2 Å². The summed E-state index contributed by atoms with van der Waals surface area (Å²) in [6.45, 7) is 7.23. The summed E-state index contributed by atoms with van der Waals surface area (Å²) < 4.78 is 24.1. The maximum absolute atomic E-state index is 11.2. The third kappa shape index (κ3) is 1.80. The van der Waals surface area contributed by atoms with Gasteiger partial charge < -0.3 is 0 Å². The van der Waals surface area contributed by atoms with Gasteiger partial charge in [0.1, 0.15) is 4.90 Å². The van der Waals surface area contributed by atoms with Crippen LogP contribution in [0.5, 0.6) is 0 Å². The molecule has 2 N–H and O–H groups in total. The minimum atomic E-state index is -3.66. The van der Waals surface area contributed by atoms with Crippen LogP contribution in [0.2, 0.25) is 0 Å². The van der Waals surface area contributed by atoms with Gasteiger partial charge in [-0.15, -0.1) is 0 Å². The quantitative estimate of drug-likeness (QED) is 0.793. The van der Waals surface area contributed by atoms with Gasteiger partial charge in [-0.2, -0.15) is 5.10 Å². The molecule has 14 heavy (non-hydrogen) atoms. The first-order chi connectivity index (χ1) is 6.25. The lowest BCUT2D eigenvalue weighted by molar-refractivity contribution is 0.514. The van der Waals surface area contributed by atoms with E-state index in [1.165, 1.54) is 0 Å². The number of hydrogen-bond donors (Lipinski definition) is 1. The third-order valence-corrected chi connectivity index (χ3v) is 3.19. The fourth-order valence-electron chi connectivity index (χ4n) is 1.56. The lowest BCUT2D eigenvalue weighted by Crippen LogP contribution is -2.14. The number of primary sulfonamides is 1. The average molecular weight is 217 g/mol. The smallest absolute Gasteiger partial charge is 0.241 e. The van der Waals surface area contributed by atoms with Crippen molar-refractivity contribution < 1.29 is 8.42 Å². The Kier molecular flexibility index (Phi) is 2.69. The molecule has 0 unspecified atom stereocenters. The third-order valence-electron chi connectivity index (χ3n) is 2.03. The van der Waals surface area contributed by atoms with Crippen molar-refractivity contribution in [1.29, 1.82) is 0 Å². The summed E-state index contributed by atoms with van der Waals surface area (Å²) in [7, 11) is -3.66.